The third-order valence-electron chi connectivity index (χ3n) is 2.58. The van der Waals surface area contributed by atoms with Crippen molar-refractivity contribution in [1.82, 2.24) is 9.71 Å². The maximum atomic E-state index is 11.4. The molecule has 0 aliphatic carbocycles. The van der Waals surface area contributed by atoms with Crippen LogP contribution in [0.5, 0.6) is 0 Å². The van der Waals surface area contributed by atoms with Gasteiger partial charge in [-0.15, -0.1) is 4.73 Å². The van der Waals surface area contributed by atoms with Crippen LogP contribution in [-0.4, -0.2) is 56.2 Å². The molecule has 0 bridgehead atoms. The summed E-state index contributed by atoms with van der Waals surface area (Å²) in [5, 5.41) is 28.0. The Morgan fingerprint density at radius 3 is 2.68 bits per heavy atom. The Kier molecular flexibility index (Phi) is 4.06. The van der Waals surface area contributed by atoms with E-state index >= 15 is 0 Å². The lowest BCUT2D eigenvalue weighted by molar-refractivity contribution is -0.174. The Morgan fingerprint density at radius 2 is 2.11 bits per heavy atom. The molecule has 10 heteroatoms. The van der Waals surface area contributed by atoms with Crippen molar-refractivity contribution in [3.63, 3.8) is 0 Å². The molecule has 1 aliphatic heterocycles. The molecule has 4 atom stereocenters. The van der Waals surface area contributed by atoms with Gasteiger partial charge in [0.2, 0.25) is 0 Å². The van der Waals surface area contributed by atoms with Crippen LogP contribution in [0, 0.1) is 0 Å². The van der Waals surface area contributed by atoms with Crippen LogP contribution in [0.4, 0.5) is 0 Å². The second-order valence-corrected chi connectivity index (χ2v) is 4.73. The van der Waals surface area contributed by atoms with Gasteiger partial charge in [-0.3, -0.25) is 9.78 Å². The number of rotatable bonds is 3. The molecule has 1 aromatic rings. The molecule has 19 heavy (non-hydrogen) atoms. The van der Waals surface area contributed by atoms with Crippen molar-refractivity contribution in [1.29, 1.82) is 0 Å². The van der Waals surface area contributed by atoms with Crippen LogP contribution in [0.2, 0.25) is 0 Å². The van der Waals surface area contributed by atoms with Gasteiger partial charge in [-0.25, -0.2) is 4.79 Å². The summed E-state index contributed by atoms with van der Waals surface area (Å²) in [6.45, 7) is -0.512. The number of aliphatic hydroxyl groups excluding tert-OH is 3. The minimum absolute atomic E-state index is 0.0406. The van der Waals surface area contributed by atoms with Crippen molar-refractivity contribution < 1.29 is 24.9 Å². The lowest BCUT2D eigenvalue weighted by Gasteiger charge is -2.16. The van der Waals surface area contributed by atoms with Crippen LogP contribution >= 0.6 is 15.9 Å². The van der Waals surface area contributed by atoms with Crippen molar-refractivity contribution in [2.75, 3.05) is 6.61 Å². The van der Waals surface area contributed by atoms with Gasteiger partial charge in [-0.1, -0.05) is 0 Å². The van der Waals surface area contributed by atoms with Crippen LogP contribution < -0.4 is 16.1 Å². The molecule has 9 nitrogen and oxygen atoms in total. The van der Waals surface area contributed by atoms with Gasteiger partial charge in [-0.2, -0.15) is 0 Å². The topological polar surface area (TPSA) is 134 Å². The first kappa shape index (κ1) is 14.2. The Hall–Kier alpha value is -1.20. The van der Waals surface area contributed by atoms with E-state index in [2.05, 4.69) is 15.9 Å². The fourth-order valence-corrected chi connectivity index (χ4v) is 1.86. The third kappa shape index (κ3) is 2.72. The lowest BCUT2D eigenvalue weighted by Crippen LogP contribution is -2.43. The highest BCUT2D eigenvalue weighted by Crippen LogP contribution is 2.20. The molecule has 2 heterocycles. The molecule has 2 rings (SSSR count). The molecule has 4 N–H and O–H groups in total. The lowest BCUT2D eigenvalue weighted by atomic mass is 10.1. The Bertz CT molecular complexity index is 570. The molecule has 0 saturated carbocycles. The summed E-state index contributed by atoms with van der Waals surface area (Å²) in [6, 6.07) is 0. The zero-order valence-corrected chi connectivity index (χ0v) is 11.0. The highest BCUT2D eigenvalue weighted by Gasteiger charge is 2.44. The smallest absolute Gasteiger partial charge is 0.361 e. The van der Waals surface area contributed by atoms with Gasteiger partial charge in [0.1, 0.15) is 22.8 Å². The standard InChI is InChI=1S/C9H11BrN2O7/c10-3-1-12(9(17)11-7(3)16)19-8-6(15)5(14)4(2-13)18-8/h1,4-6,8,13-15H,2H2,(H,11,16,17)/t4-,5-,6+,8-/m1/s1. The van der Waals surface area contributed by atoms with Gasteiger partial charge in [0.15, 0.2) is 0 Å². The number of aromatic amines is 1. The number of halogens is 1. The predicted octanol–water partition coefficient (Wildman–Crippen LogP) is -2.83. The maximum Gasteiger partial charge on any atom is 0.361 e. The zero-order chi connectivity index (χ0) is 14.2. The third-order valence-corrected chi connectivity index (χ3v) is 3.15. The molecule has 0 amide bonds. The van der Waals surface area contributed by atoms with Crippen molar-refractivity contribution in [3.05, 3.63) is 31.5 Å². The Balaban J connectivity index is 2.21. The molecule has 0 radical (unpaired) electrons. The second-order valence-electron chi connectivity index (χ2n) is 3.87. The van der Waals surface area contributed by atoms with E-state index in [0.717, 1.165) is 6.20 Å². The molecule has 0 unspecified atom stereocenters. The van der Waals surface area contributed by atoms with Crippen LogP contribution in [-0.2, 0) is 4.74 Å². The summed E-state index contributed by atoms with van der Waals surface area (Å²) in [6.07, 6.45) is -4.08. The van der Waals surface area contributed by atoms with Gasteiger partial charge in [0, 0.05) is 0 Å². The molecule has 0 spiro atoms. The summed E-state index contributed by atoms with van der Waals surface area (Å²) in [5.41, 5.74) is -1.50. The summed E-state index contributed by atoms with van der Waals surface area (Å²) in [4.78, 5) is 29.5. The van der Waals surface area contributed by atoms with Crippen LogP contribution in [0.3, 0.4) is 0 Å². The molecule has 1 aromatic heterocycles. The number of nitrogens with one attached hydrogen (secondary N) is 1. The SMILES string of the molecule is O=c1[nH]c(=O)n(O[C@H]2O[C@H](CO)[C@@H](O)[C@@H]2O)cc1Br. The molecule has 0 aromatic carbocycles. The molecular weight excluding hydrogens is 328 g/mol. The minimum Gasteiger partial charge on any atom is -0.394 e. The van der Waals surface area contributed by atoms with Gasteiger partial charge in [0.05, 0.1) is 12.8 Å². The highest BCUT2D eigenvalue weighted by molar-refractivity contribution is 9.10. The van der Waals surface area contributed by atoms with Gasteiger partial charge in [-0.05, 0) is 15.9 Å². The number of H-pyrrole nitrogens is 1. The van der Waals surface area contributed by atoms with Crippen LogP contribution in [0.15, 0.2) is 20.3 Å². The van der Waals surface area contributed by atoms with Crippen molar-refractivity contribution in [2.24, 2.45) is 0 Å². The van der Waals surface area contributed by atoms with Gasteiger partial charge in [0.25, 0.3) is 11.8 Å². The quantitative estimate of drug-likeness (QED) is 0.466. The molecular formula is C9H11BrN2O7. The number of hydrogen-bond donors (Lipinski definition) is 4. The van der Waals surface area contributed by atoms with E-state index in [9.17, 15) is 19.8 Å². The van der Waals surface area contributed by atoms with Crippen molar-refractivity contribution in [3.8, 4) is 0 Å². The highest BCUT2D eigenvalue weighted by atomic mass is 79.9. The number of hydrogen-bond acceptors (Lipinski definition) is 7. The van der Waals surface area contributed by atoms with Crippen LogP contribution in [0.1, 0.15) is 0 Å². The van der Waals surface area contributed by atoms with Crippen molar-refractivity contribution >= 4 is 15.9 Å². The van der Waals surface area contributed by atoms with E-state index in [4.69, 9.17) is 14.7 Å². The van der Waals surface area contributed by atoms with Crippen molar-refractivity contribution in [2.45, 2.75) is 24.6 Å². The summed E-state index contributed by atoms with van der Waals surface area (Å²) >= 11 is 2.91. The minimum atomic E-state index is -1.44. The van der Waals surface area contributed by atoms with E-state index in [1.807, 2.05) is 4.98 Å². The summed E-state index contributed by atoms with van der Waals surface area (Å²) in [7, 11) is 0. The first-order chi connectivity index (χ1) is 8.93. The Morgan fingerprint density at radius 1 is 1.42 bits per heavy atom. The fourth-order valence-electron chi connectivity index (χ4n) is 1.57. The first-order valence-corrected chi connectivity index (χ1v) is 6.04. The maximum absolute atomic E-state index is 11.4. The molecule has 1 saturated heterocycles. The normalized spacial score (nSPS) is 30.5. The zero-order valence-electron chi connectivity index (χ0n) is 9.39. The van der Waals surface area contributed by atoms with Gasteiger partial charge >= 0.3 is 5.69 Å². The second kappa shape index (κ2) is 5.43. The first-order valence-electron chi connectivity index (χ1n) is 5.25. The summed E-state index contributed by atoms with van der Waals surface area (Å²) < 4.78 is 5.71. The molecule has 106 valence electrons. The number of aliphatic hydroxyl groups is 3. The largest absolute Gasteiger partial charge is 0.394 e. The van der Waals surface area contributed by atoms with E-state index in [1.54, 1.807) is 0 Å². The predicted molar refractivity (Wildman–Crippen MR) is 63.4 cm³/mol. The average molecular weight is 339 g/mol. The van der Waals surface area contributed by atoms with Gasteiger partial charge < -0.3 is 24.9 Å². The Labute approximate surface area is 114 Å². The number of ether oxygens (including phenoxy) is 1. The summed E-state index contributed by atoms with van der Waals surface area (Å²) in [5.74, 6) is 0. The molecule has 1 aliphatic rings. The average Bonchev–Trinajstić information content (AvgIpc) is 2.63. The number of aromatic nitrogens is 2. The van der Waals surface area contributed by atoms with E-state index < -0.39 is 42.5 Å². The van der Waals surface area contributed by atoms with E-state index in [-0.39, 0.29) is 4.47 Å². The fraction of sp³-hybridized carbons (Fsp3) is 0.556. The van der Waals surface area contributed by atoms with Crippen LogP contribution in [0.25, 0.3) is 0 Å². The number of nitrogens with zero attached hydrogens (tertiary/aromatic N) is 1. The van der Waals surface area contributed by atoms with E-state index in [1.165, 1.54) is 0 Å². The monoisotopic (exact) mass is 338 g/mol. The molecule has 1 fully saturated rings. The van der Waals surface area contributed by atoms with E-state index in [0.29, 0.717) is 4.73 Å².